The molecule has 3 aromatic carbocycles. The van der Waals surface area contributed by atoms with Gasteiger partial charge >= 0.3 is 0 Å². The third-order valence-corrected chi connectivity index (χ3v) is 8.42. The van der Waals surface area contributed by atoms with Crippen LogP contribution < -0.4 is 10.8 Å². The van der Waals surface area contributed by atoms with Gasteiger partial charge in [0.05, 0.1) is 24.9 Å². The monoisotopic (exact) mass is 617 g/mol. The smallest absolute Gasteiger partial charge is 0.243 e. The molecule has 0 saturated carbocycles. The lowest BCUT2D eigenvalue weighted by Gasteiger charge is -2.38. The van der Waals surface area contributed by atoms with Crippen LogP contribution in [0.15, 0.2) is 72.8 Å². The molecule has 5 N–H and O–H groups in total. The number of carbonyl (C=O) groups is 2. The Morgan fingerprint density at radius 3 is 2.31 bits per heavy atom. The number of aliphatic hydroxyl groups is 2. The summed E-state index contributed by atoms with van der Waals surface area (Å²) in [6, 6.07) is 24.0. The Labute approximate surface area is 263 Å². The zero-order chi connectivity index (χ0) is 31.6. The van der Waals surface area contributed by atoms with Gasteiger partial charge in [0.15, 0.2) is 6.29 Å². The van der Waals surface area contributed by atoms with Gasteiger partial charge in [0.25, 0.3) is 0 Å². The van der Waals surface area contributed by atoms with Crippen molar-refractivity contribution in [3.05, 3.63) is 95.1 Å². The number of carbonyl (C=O) groups excluding carboxylic acids is 2. The number of likely N-dealkylation sites (tertiary alicyclic amines) is 1. The van der Waals surface area contributed by atoms with Gasteiger partial charge in [-0.05, 0) is 59.2 Å². The summed E-state index contributed by atoms with van der Waals surface area (Å²) in [5.41, 5.74) is 7.37. The first kappa shape index (κ1) is 32.7. The van der Waals surface area contributed by atoms with Gasteiger partial charge in [-0.1, -0.05) is 60.7 Å². The molecule has 3 aromatic rings. The van der Waals surface area contributed by atoms with Crippen LogP contribution in [0.2, 0.25) is 0 Å². The van der Waals surface area contributed by atoms with Gasteiger partial charge in [-0.2, -0.15) is 0 Å². The maximum atomic E-state index is 12.3. The van der Waals surface area contributed by atoms with E-state index >= 15 is 0 Å². The largest absolute Gasteiger partial charge is 0.392 e. The van der Waals surface area contributed by atoms with Crippen molar-refractivity contribution in [1.82, 2.24) is 15.7 Å². The average molecular weight is 618 g/mol. The molecule has 2 fully saturated rings. The Morgan fingerprint density at radius 2 is 1.60 bits per heavy atom. The van der Waals surface area contributed by atoms with E-state index in [1.807, 2.05) is 60.7 Å². The van der Waals surface area contributed by atoms with Crippen LogP contribution in [0.3, 0.4) is 0 Å². The highest BCUT2D eigenvalue weighted by Crippen LogP contribution is 2.39. The maximum absolute atomic E-state index is 12.3. The number of aliphatic hydroxyl groups excluding tert-OH is 2. The average Bonchev–Trinajstić information content (AvgIpc) is 3.49. The predicted octanol–water partition coefficient (Wildman–Crippen LogP) is 4.14. The van der Waals surface area contributed by atoms with Crippen LogP contribution in [-0.2, 0) is 32.2 Å². The van der Waals surface area contributed by atoms with E-state index in [9.17, 15) is 19.8 Å². The summed E-state index contributed by atoms with van der Waals surface area (Å²) in [5.74, 6) is -0.536. The molecule has 2 aliphatic rings. The second kappa shape index (κ2) is 16.1. The molecule has 0 radical (unpaired) electrons. The SMILES string of the molecule is O=C(CCCCC(=O)NCc1cccc(-c2cccc([C@@H]3O[C@H](CN4CC[C@H](O)C4)C[C@H](c4ccc(CO)cc4)O3)c2)c1)NO. The Kier molecular flexibility index (Phi) is 11.7. The Balaban J connectivity index is 1.26. The van der Waals surface area contributed by atoms with Crippen molar-refractivity contribution < 1.29 is 34.5 Å². The fourth-order valence-electron chi connectivity index (χ4n) is 5.94. The number of rotatable bonds is 13. The molecule has 10 nitrogen and oxygen atoms in total. The standard InChI is InChI=1S/C35H43N3O7/c39-23-24-11-13-26(14-12-24)32-19-31(22-38-16-15-30(40)21-38)44-35(45-32)29-8-4-7-28(18-29)27-6-3-5-25(17-27)20-36-33(41)9-1-2-10-34(42)37-43/h3-8,11-14,17-18,30-32,35,39-40,43H,1-2,9-10,15-16,19-23H2,(H,36,41)(H,37,42)/t30-,31-,32+,35+/m0/s1. The van der Waals surface area contributed by atoms with E-state index in [0.29, 0.717) is 45.3 Å². The highest BCUT2D eigenvalue weighted by Gasteiger charge is 2.34. The summed E-state index contributed by atoms with van der Waals surface area (Å²) >= 11 is 0. The van der Waals surface area contributed by atoms with Crippen molar-refractivity contribution in [1.29, 1.82) is 0 Å². The lowest BCUT2D eigenvalue weighted by atomic mass is 9.98. The van der Waals surface area contributed by atoms with Gasteiger partial charge in [-0.25, -0.2) is 5.48 Å². The molecule has 5 rings (SSSR count). The normalized spacial score (nSPS) is 21.8. The summed E-state index contributed by atoms with van der Waals surface area (Å²) in [6.45, 7) is 2.59. The molecule has 0 spiro atoms. The van der Waals surface area contributed by atoms with Crippen molar-refractivity contribution >= 4 is 11.8 Å². The summed E-state index contributed by atoms with van der Waals surface area (Å²) in [7, 11) is 0. The molecule has 0 unspecified atom stereocenters. The maximum Gasteiger partial charge on any atom is 0.243 e. The van der Waals surface area contributed by atoms with Crippen LogP contribution in [0.25, 0.3) is 11.1 Å². The van der Waals surface area contributed by atoms with Crippen molar-refractivity contribution in [2.24, 2.45) is 0 Å². The van der Waals surface area contributed by atoms with Crippen LogP contribution in [0.1, 0.15) is 73.2 Å². The first-order valence-corrected chi connectivity index (χ1v) is 15.7. The number of hydrogen-bond donors (Lipinski definition) is 5. The van der Waals surface area contributed by atoms with Crippen molar-refractivity contribution in [2.75, 3.05) is 19.6 Å². The molecule has 0 bridgehead atoms. The summed E-state index contributed by atoms with van der Waals surface area (Å²) < 4.78 is 13.1. The van der Waals surface area contributed by atoms with E-state index in [2.05, 4.69) is 22.3 Å². The molecular weight excluding hydrogens is 574 g/mol. The molecule has 240 valence electrons. The van der Waals surface area contributed by atoms with Crippen molar-refractivity contribution in [2.45, 2.75) is 76.3 Å². The second-order valence-corrected chi connectivity index (χ2v) is 11.9. The number of amides is 2. The third kappa shape index (κ3) is 9.43. The summed E-state index contributed by atoms with van der Waals surface area (Å²) in [6.07, 6.45) is 1.90. The van der Waals surface area contributed by atoms with E-state index < -0.39 is 12.2 Å². The molecule has 0 aromatic heterocycles. The summed E-state index contributed by atoms with van der Waals surface area (Å²) in [4.78, 5) is 25.7. The van der Waals surface area contributed by atoms with E-state index in [1.165, 1.54) is 0 Å². The van der Waals surface area contributed by atoms with E-state index in [-0.39, 0.29) is 37.2 Å². The van der Waals surface area contributed by atoms with E-state index in [0.717, 1.165) is 46.3 Å². The first-order chi connectivity index (χ1) is 21.9. The topological polar surface area (TPSA) is 141 Å². The van der Waals surface area contributed by atoms with Gasteiger partial charge in [0.1, 0.15) is 0 Å². The fourth-order valence-corrected chi connectivity index (χ4v) is 5.94. The number of benzene rings is 3. The van der Waals surface area contributed by atoms with Crippen LogP contribution in [0, 0.1) is 0 Å². The number of hydrogen-bond acceptors (Lipinski definition) is 8. The van der Waals surface area contributed by atoms with Gasteiger partial charge in [0, 0.05) is 51.0 Å². The molecule has 10 heteroatoms. The van der Waals surface area contributed by atoms with Gasteiger partial charge in [-0.3, -0.25) is 19.7 Å². The minimum Gasteiger partial charge on any atom is -0.392 e. The quantitative estimate of drug-likeness (QED) is 0.110. The third-order valence-electron chi connectivity index (χ3n) is 8.42. The van der Waals surface area contributed by atoms with Crippen molar-refractivity contribution in [3.63, 3.8) is 0 Å². The second-order valence-electron chi connectivity index (χ2n) is 11.9. The molecule has 4 atom stereocenters. The van der Waals surface area contributed by atoms with Crippen LogP contribution in [0.5, 0.6) is 0 Å². The highest BCUT2D eigenvalue weighted by atomic mass is 16.7. The summed E-state index contributed by atoms with van der Waals surface area (Å²) in [5, 5.41) is 31.1. The fraction of sp³-hybridized carbons (Fsp3) is 0.429. The first-order valence-electron chi connectivity index (χ1n) is 15.7. The molecule has 2 amide bonds. The van der Waals surface area contributed by atoms with E-state index in [1.54, 1.807) is 5.48 Å². The number of nitrogens with one attached hydrogen (secondary N) is 2. The molecule has 0 aliphatic carbocycles. The van der Waals surface area contributed by atoms with Crippen LogP contribution in [0.4, 0.5) is 0 Å². The molecule has 45 heavy (non-hydrogen) atoms. The van der Waals surface area contributed by atoms with E-state index in [4.69, 9.17) is 14.7 Å². The highest BCUT2D eigenvalue weighted by molar-refractivity contribution is 5.76. The number of nitrogens with zero attached hydrogens (tertiary/aromatic N) is 1. The number of β-amino-alcohol motifs (C(OH)–C–C–N with tert-alkyl or cyclic N) is 1. The minimum absolute atomic E-state index is 0.00872. The predicted molar refractivity (Wildman–Crippen MR) is 168 cm³/mol. The van der Waals surface area contributed by atoms with Crippen molar-refractivity contribution in [3.8, 4) is 11.1 Å². The number of ether oxygens (including phenoxy) is 2. The molecule has 2 heterocycles. The zero-order valence-corrected chi connectivity index (χ0v) is 25.4. The molecular formula is C35H43N3O7. The van der Waals surface area contributed by atoms with Crippen LogP contribution in [-0.4, -0.2) is 64.0 Å². The number of hydroxylamine groups is 1. The Morgan fingerprint density at radius 1 is 0.867 bits per heavy atom. The van der Waals surface area contributed by atoms with Gasteiger partial charge in [-0.15, -0.1) is 0 Å². The lowest BCUT2D eigenvalue weighted by Crippen LogP contribution is -2.38. The van der Waals surface area contributed by atoms with Gasteiger partial charge in [0.2, 0.25) is 11.8 Å². The Bertz CT molecular complexity index is 1420. The zero-order valence-electron chi connectivity index (χ0n) is 25.4. The van der Waals surface area contributed by atoms with Gasteiger partial charge < -0.3 is 25.0 Å². The lowest BCUT2D eigenvalue weighted by molar-refractivity contribution is -0.252. The van der Waals surface area contributed by atoms with Crippen LogP contribution >= 0.6 is 0 Å². The minimum atomic E-state index is -0.579. The number of unbranched alkanes of at least 4 members (excludes halogenated alkanes) is 1. The molecule has 2 saturated heterocycles. The molecule has 2 aliphatic heterocycles. The Hall–Kier alpha value is -3.64.